The largest absolute Gasteiger partial charge is 0.484 e. The lowest BCUT2D eigenvalue weighted by molar-refractivity contribution is -0.135. The maximum absolute atomic E-state index is 12.0. The molecular formula is C14H20N2O3. The van der Waals surface area contributed by atoms with Gasteiger partial charge >= 0.3 is 0 Å². The van der Waals surface area contributed by atoms with Gasteiger partial charge in [0.15, 0.2) is 6.61 Å². The Morgan fingerprint density at radius 3 is 2.58 bits per heavy atom. The van der Waals surface area contributed by atoms with E-state index in [9.17, 15) is 4.79 Å². The molecule has 1 heterocycles. The van der Waals surface area contributed by atoms with Gasteiger partial charge in [0.25, 0.3) is 5.91 Å². The van der Waals surface area contributed by atoms with Gasteiger partial charge in [-0.2, -0.15) is 0 Å². The van der Waals surface area contributed by atoms with Crippen LogP contribution in [0.15, 0.2) is 30.3 Å². The zero-order valence-electron chi connectivity index (χ0n) is 11.0. The second kappa shape index (κ2) is 7.11. The SMILES string of the molecule is NOCC1CCN(C(=O)COc2ccccc2)CC1. The van der Waals surface area contributed by atoms with E-state index < -0.39 is 0 Å². The highest BCUT2D eigenvalue weighted by Crippen LogP contribution is 2.17. The molecule has 0 spiro atoms. The predicted molar refractivity (Wildman–Crippen MR) is 71.4 cm³/mol. The summed E-state index contributed by atoms with van der Waals surface area (Å²) in [5.41, 5.74) is 0. The van der Waals surface area contributed by atoms with Crippen molar-refractivity contribution in [1.82, 2.24) is 4.90 Å². The van der Waals surface area contributed by atoms with E-state index in [-0.39, 0.29) is 12.5 Å². The van der Waals surface area contributed by atoms with Gasteiger partial charge in [0.1, 0.15) is 5.75 Å². The standard InChI is InChI=1S/C14H20N2O3/c15-19-10-12-6-8-16(9-7-12)14(17)11-18-13-4-2-1-3-5-13/h1-5,12H,6-11,15H2. The average Bonchev–Trinajstić information content (AvgIpc) is 2.47. The van der Waals surface area contributed by atoms with E-state index in [1.54, 1.807) is 0 Å². The Kier molecular flexibility index (Phi) is 5.18. The molecule has 1 aromatic carbocycles. The van der Waals surface area contributed by atoms with E-state index in [4.69, 9.17) is 10.6 Å². The van der Waals surface area contributed by atoms with Gasteiger partial charge in [0.05, 0.1) is 6.61 Å². The van der Waals surface area contributed by atoms with Gasteiger partial charge in [-0.15, -0.1) is 0 Å². The summed E-state index contributed by atoms with van der Waals surface area (Å²) in [5, 5.41) is 0. The van der Waals surface area contributed by atoms with Crippen molar-refractivity contribution in [2.24, 2.45) is 11.8 Å². The minimum Gasteiger partial charge on any atom is -0.484 e. The van der Waals surface area contributed by atoms with Crippen LogP contribution >= 0.6 is 0 Å². The minimum atomic E-state index is 0.0379. The molecule has 0 aliphatic carbocycles. The Labute approximate surface area is 113 Å². The van der Waals surface area contributed by atoms with Gasteiger partial charge in [-0.1, -0.05) is 18.2 Å². The lowest BCUT2D eigenvalue weighted by Gasteiger charge is -2.31. The van der Waals surface area contributed by atoms with Crippen molar-refractivity contribution in [3.05, 3.63) is 30.3 Å². The van der Waals surface area contributed by atoms with Crippen LogP contribution in [0.25, 0.3) is 0 Å². The molecule has 1 fully saturated rings. The number of hydrogen-bond acceptors (Lipinski definition) is 4. The molecule has 2 rings (SSSR count). The molecule has 0 aromatic heterocycles. The number of amides is 1. The van der Waals surface area contributed by atoms with Crippen LogP contribution in [0.2, 0.25) is 0 Å². The van der Waals surface area contributed by atoms with E-state index in [1.807, 2.05) is 35.2 Å². The number of carbonyl (C=O) groups is 1. The number of para-hydroxylation sites is 1. The quantitative estimate of drug-likeness (QED) is 0.811. The number of piperidine rings is 1. The number of benzene rings is 1. The van der Waals surface area contributed by atoms with E-state index in [0.717, 1.165) is 31.7 Å². The monoisotopic (exact) mass is 264 g/mol. The van der Waals surface area contributed by atoms with Gasteiger partial charge in [-0.3, -0.25) is 4.79 Å². The second-order valence-electron chi connectivity index (χ2n) is 4.76. The van der Waals surface area contributed by atoms with Crippen molar-refractivity contribution in [2.75, 3.05) is 26.3 Å². The fourth-order valence-corrected chi connectivity index (χ4v) is 2.24. The van der Waals surface area contributed by atoms with Crippen molar-refractivity contribution in [3.8, 4) is 5.75 Å². The molecule has 1 aliphatic rings. The average molecular weight is 264 g/mol. The molecule has 1 aliphatic heterocycles. The first-order valence-electron chi connectivity index (χ1n) is 6.57. The molecule has 0 saturated carbocycles. The summed E-state index contributed by atoms with van der Waals surface area (Å²) in [5.74, 6) is 6.29. The number of rotatable bonds is 5. The van der Waals surface area contributed by atoms with Gasteiger partial charge in [0.2, 0.25) is 0 Å². The van der Waals surface area contributed by atoms with Crippen molar-refractivity contribution in [2.45, 2.75) is 12.8 Å². The first-order valence-corrected chi connectivity index (χ1v) is 6.57. The molecule has 19 heavy (non-hydrogen) atoms. The van der Waals surface area contributed by atoms with Gasteiger partial charge < -0.3 is 14.5 Å². The third-order valence-corrected chi connectivity index (χ3v) is 3.40. The maximum atomic E-state index is 12.0. The number of nitrogens with zero attached hydrogens (tertiary/aromatic N) is 1. The number of ether oxygens (including phenoxy) is 1. The summed E-state index contributed by atoms with van der Waals surface area (Å²) in [7, 11) is 0. The van der Waals surface area contributed by atoms with Crippen molar-refractivity contribution < 1.29 is 14.4 Å². The summed E-state index contributed by atoms with van der Waals surface area (Å²) >= 11 is 0. The normalized spacial score (nSPS) is 16.4. The molecule has 0 atom stereocenters. The number of hydrogen-bond donors (Lipinski definition) is 1. The van der Waals surface area contributed by atoms with Crippen LogP contribution in [0.4, 0.5) is 0 Å². The Balaban J connectivity index is 1.73. The third kappa shape index (κ3) is 4.22. The first-order chi connectivity index (χ1) is 9.29. The summed E-state index contributed by atoms with van der Waals surface area (Å²) in [6.07, 6.45) is 1.88. The highest BCUT2D eigenvalue weighted by atomic mass is 16.6. The van der Waals surface area contributed by atoms with E-state index in [2.05, 4.69) is 4.84 Å². The molecule has 2 N–H and O–H groups in total. The Bertz CT molecular complexity index is 389. The van der Waals surface area contributed by atoms with Crippen LogP contribution in [-0.2, 0) is 9.63 Å². The highest BCUT2D eigenvalue weighted by molar-refractivity contribution is 5.77. The minimum absolute atomic E-state index is 0.0379. The molecule has 0 radical (unpaired) electrons. The van der Waals surface area contributed by atoms with Gasteiger partial charge in [0, 0.05) is 13.1 Å². The summed E-state index contributed by atoms with van der Waals surface area (Å²) in [6, 6.07) is 9.38. The van der Waals surface area contributed by atoms with Crippen LogP contribution in [0.3, 0.4) is 0 Å². The van der Waals surface area contributed by atoms with E-state index >= 15 is 0 Å². The van der Waals surface area contributed by atoms with Gasteiger partial charge in [-0.05, 0) is 30.9 Å². The Hall–Kier alpha value is -1.59. The fraction of sp³-hybridized carbons (Fsp3) is 0.500. The summed E-state index contributed by atoms with van der Waals surface area (Å²) in [6.45, 7) is 2.18. The summed E-state index contributed by atoms with van der Waals surface area (Å²) < 4.78 is 5.46. The Morgan fingerprint density at radius 2 is 1.95 bits per heavy atom. The maximum Gasteiger partial charge on any atom is 0.260 e. The lowest BCUT2D eigenvalue weighted by Crippen LogP contribution is -2.41. The second-order valence-corrected chi connectivity index (χ2v) is 4.76. The Morgan fingerprint density at radius 1 is 1.26 bits per heavy atom. The van der Waals surface area contributed by atoms with Crippen LogP contribution in [0.1, 0.15) is 12.8 Å². The van der Waals surface area contributed by atoms with Gasteiger partial charge in [-0.25, -0.2) is 5.90 Å². The van der Waals surface area contributed by atoms with Crippen molar-refractivity contribution in [3.63, 3.8) is 0 Å². The number of nitrogens with two attached hydrogens (primary N) is 1. The summed E-state index contributed by atoms with van der Waals surface area (Å²) in [4.78, 5) is 18.5. The number of likely N-dealkylation sites (tertiary alicyclic amines) is 1. The molecular weight excluding hydrogens is 244 g/mol. The van der Waals surface area contributed by atoms with Crippen LogP contribution in [-0.4, -0.2) is 37.1 Å². The lowest BCUT2D eigenvalue weighted by atomic mass is 9.98. The number of carbonyl (C=O) groups excluding carboxylic acids is 1. The molecule has 0 unspecified atom stereocenters. The molecule has 1 aromatic rings. The topological polar surface area (TPSA) is 64.8 Å². The van der Waals surface area contributed by atoms with E-state index in [0.29, 0.717) is 12.5 Å². The molecule has 1 amide bonds. The van der Waals surface area contributed by atoms with Crippen LogP contribution < -0.4 is 10.6 Å². The predicted octanol–water partition coefficient (Wildman–Crippen LogP) is 1.19. The third-order valence-electron chi connectivity index (χ3n) is 3.40. The molecule has 104 valence electrons. The van der Waals surface area contributed by atoms with Crippen molar-refractivity contribution in [1.29, 1.82) is 0 Å². The van der Waals surface area contributed by atoms with Crippen LogP contribution in [0, 0.1) is 5.92 Å². The molecule has 5 nitrogen and oxygen atoms in total. The fourth-order valence-electron chi connectivity index (χ4n) is 2.24. The highest BCUT2D eigenvalue weighted by Gasteiger charge is 2.22. The molecule has 5 heteroatoms. The van der Waals surface area contributed by atoms with Crippen LogP contribution in [0.5, 0.6) is 5.75 Å². The zero-order valence-corrected chi connectivity index (χ0v) is 11.0. The molecule has 0 bridgehead atoms. The molecule has 1 saturated heterocycles. The smallest absolute Gasteiger partial charge is 0.260 e. The zero-order chi connectivity index (χ0) is 13.5. The van der Waals surface area contributed by atoms with E-state index in [1.165, 1.54) is 0 Å². The first kappa shape index (κ1) is 13.8. The van der Waals surface area contributed by atoms with Crippen molar-refractivity contribution >= 4 is 5.91 Å².